The Morgan fingerprint density at radius 1 is 1.41 bits per heavy atom. The van der Waals surface area contributed by atoms with Gasteiger partial charge in [-0.05, 0) is 11.4 Å². The fraction of sp³-hybridized carbons (Fsp3) is 0.182. The number of aryl methyl sites for hydroxylation is 1. The van der Waals surface area contributed by atoms with Crippen LogP contribution < -0.4 is 5.32 Å². The second-order valence-corrected chi connectivity index (χ2v) is 4.65. The minimum atomic E-state index is 0.720. The lowest BCUT2D eigenvalue weighted by Crippen LogP contribution is -2.00. The predicted molar refractivity (Wildman–Crippen MR) is 67.9 cm³/mol. The number of fused-ring (bicyclic) bond motifs is 1. The highest BCUT2D eigenvalue weighted by Crippen LogP contribution is 2.24. The van der Waals surface area contributed by atoms with Gasteiger partial charge in [0.15, 0.2) is 0 Å². The average molecular weight is 245 g/mol. The van der Waals surface area contributed by atoms with E-state index in [0.717, 1.165) is 28.1 Å². The number of nitrogens with one attached hydrogen (secondary N) is 1. The van der Waals surface area contributed by atoms with Crippen molar-refractivity contribution < 1.29 is 0 Å². The molecule has 0 unspecified atom stereocenters. The molecule has 0 atom stereocenters. The first kappa shape index (κ1) is 10.2. The molecular weight excluding hydrogens is 234 g/mol. The molecule has 5 nitrogen and oxygen atoms in total. The van der Waals surface area contributed by atoms with E-state index in [1.54, 1.807) is 22.3 Å². The van der Waals surface area contributed by atoms with Crippen LogP contribution in [0.5, 0.6) is 0 Å². The monoisotopic (exact) mass is 245 g/mol. The zero-order valence-electron chi connectivity index (χ0n) is 9.29. The van der Waals surface area contributed by atoms with Gasteiger partial charge in [0.25, 0.3) is 0 Å². The first-order chi connectivity index (χ1) is 8.33. The second-order valence-electron chi connectivity index (χ2n) is 3.73. The van der Waals surface area contributed by atoms with Gasteiger partial charge in [-0.1, -0.05) is 0 Å². The molecule has 6 heteroatoms. The quantitative estimate of drug-likeness (QED) is 0.767. The molecule has 3 aromatic rings. The maximum Gasteiger partial charge on any atom is 0.147 e. The summed E-state index contributed by atoms with van der Waals surface area (Å²) in [5, 5.41) is 9.46. The van der Waals surface area contributed by atoms with Crippen LogP contribution in [0.2, 0.25) is 0 Å². The third-order valence-electron chi connectivity index (χ3n) is 2.46. The minimum absolute atomic E-state index is 0.720. The molecule has 0 aliphatic carbocycles. The number of hydrogen-bond donors (Lipinski definition) is 1. The minimum Gasteiger partial charge on any atom is -0.365 e. The second kappa shape index (κ2) is 4.14. The first-order valence-corrected chi connectivity index (χ1v) is 6.10. The van der Waals surface area contributed by atoms with Crippen molar-refractivity contribution in [1.82, 2.24) is 19.7 Å². The van der Waals surface area contributed by atoms with Crippen molar-refractivity contribution in [2.45, 2.75) is 6.54 Å². The van der Waals surface area contributed by atoms with Crippen LogP contribution in [0.3, 0.4) is 0 Å². The van der Waals surface area contributed by atoms with Gasteiger partial charge >= 0.3 is 0 Å². The van der Waals surface area contributed by atoms with Crippen LogP contribution in [-0.4, -0.2) is 19.7 Å². The highest BCUT2D eigenvalue weighted by atomic mass is 32.1. The molecule has 0 fully saturated rings. The van der Waals surface area contributed by atoms with E-state index in [-0.39, 0.29) is 0 Å². The van der Waals surface area contributed by atoms with E-state index in [2.05, 4.69) is 20.4 Å². The molecule has 0 saturated carbocycles. The molecule has 86 valence electrons. The molecule has 0 bridgehead atoms. The zero-order chi connectivity index (χ0) is 11.7. The van der Waals surface area contributed by atoms with E-state index in [4.69, 9.17) is 0 Å². The summed E-state index contributed by atoms with van der Waals surface area (Å²) in [4.78, 5) is 8.47. The topological polar surface area (TPSA) is 55.6 Å². The van der Waals surface area contributed by atoms with Crippen LogP contribution in [0.1, 0.15) is 5.56 Å². The SMILES string of the molecule is Cn1cc(CNc2ncnc3ccsc23)cn1. The van der Waals surface area contributed by atoms with E-state index >= 15 is 0 Å². The van der Waals surface area contributed by atoms with Crippen molar-refractivity contribution in [1.29, 1.82) is 0 Å². The number of aromatic nitrogens is 4. The molecule has 0 spiro atoms. The third kappa shape index (κ3) is 1.99. The van der Waals surface area contributed by atoms with Crippen LogP contribution >= 0.6 is 11.3 Å². The number of thiophene rings is 1. The number of rotatable bonds is 3. The zero-order valence-corrected chi connectivity index (χ0v) is 10.1. The summed E-state index contributed by atoms with van der Waals surface area (Å²) < 4.78 is 2.88. The summed E-state index contributed by atoms with van der Waals surface area (Å²) >= 11 is 1.65. The van der Waals surface area contributed by atoms with Gasteiger partial charge in [0.05, 0.1) is 16.4 Å². The van der Waals surface area contributed by atoms with Gasteiger partial charge in [-0.3, -0.25) is 4.68 Å². The highest BCUT2D eigenvalue weighted by Gasteiger charge is 2.04. The van der Waals surface area contributed by atoms with E-state index in [9.17, 15) is 0 Å². The molecule has 0 saturated heterocycles. The Morgan fingerprint density at radius 2 is 2.35 bits per heavy atom. The van der Waals surface area contributed by atoms with E-state index in [1.807, 2.05) is 30.9 Å². The van der Waals surface area contributed by atoms with Gasteiger partial charge in [0.2, 0.25) is 0 Å². The van der Waals surface area contributed by atoms with Crippen molar-refractivity contribution in [3.8, 4) is 0 Å². The lowest BCUT2D eigenvalue weighted by Gasteiger charge is -2.03. The van der Waals surface area contributed by atoms with Crippen molar-refractivity contribution >= 4 is 27.4 Å². The molecule has 0 radical (unpaired) electrons. The van der Waals surface area contributed by atoms with Crippen molar-refractivity contribution in [2.75, 3.05) is 5.32 Å². The molecular formula is C11H11N5S. The Kier molecular flexibility index (Phi) is 2.49. The fourth-order valence-electron chi connectivity index (χ4n) is 1.66. The van der Waals surface area contributed by atoms with Crippen LogP contribution in [0.15, 0.2) is 30.2 Å². The molecule has 0 amide bonds. The van der Waals surface area contributed by atoms with Gasteiger partial charge in [-0.25, -0.2) is 9.97 Å². The van der Waals surface area contributed by atoms with Crippen LogP contribution in [0.25, 0.3) is 10.2 Å². The molecule has 3 rings (SSSR count). The number of anilines is 1. The normalized spacial score (nSPS) is 10.9. The maximum atomic E-state index is 4.26. The van der Waals surface area contributed by atoms with E-state index in [0.29, 0.717) is 0 Å². The number of hydrogen-bond acceptors (Lipinski definition) is 5. The smallest absolute Gasteiger partial charge is 0.147 e. The lowest BCUT2D eigenvalue weighted by molar-refractivity contribution is 0.767. The van der Waals surface area contributed by atoms with Gasteiger partial charge < -0.3 is 5.32 Å². The maximum absolute atomic E-state index is 4.26. The largest absolute Gasteiger partial charge is 0.365 e. The molecule has 0 aliphatic heterocycles. The first-order valence-electron chi connectivity index (χ1n) is 5.22. The Morgan fingerprint density at radius 3 is 3.18 bits per heavy atom. The molecule has 3 heterocycles. The fourth-order valence-corrected chi connectivity index (χ4v) is 2.47. The standard InChI is InChI=1S/C11H11N5S/c1-16-6-8(5-15-16)4-12-11-10-9(2-3-17-10)13-7-14-11/h2-3,5-7H,4H2,1H3,(H,12,13,14). The van der Waals surface area contributed by atoms with Crippen LogP contribution in [-0.2, 0) is 13.6 Å². The van der Waals surface area contributed by atoms with E-state index < -0.39 is 0 Å². The van der Waals surface area contributed by atoms with Gasteiger partial charge in [-0.2, -0.15) is 5.10 Å². The average Bonchev–Trinajstić information content (AvgIpc) is 2.94. The summed E-state index contributed by atoms with van der Waals surface area (Å²) in [6.45, 7) is 0.720. The Balaban J connectivity index is 1.83. The summed E-state index contributed by atoms with van der Waals surface area (Å²) in [6, 6.07) is 2.00. The highest BCUT2D eigenvalue weighted by molar-refractivity contribution is 7.17. The Bertz CT molecular complexity index is 642. The predicted octanol–water partition coefficient (Wildman–Crippen LogP) is 2.04. The lowest BCUT2D eigenvalue weighted by atomic mass is 10.3. The Hall–Kier alpha value is -1.95. The summed E-state index contributed by atoms with van der Waals surface area (Å²) in [5.41, 5.74) is 2.12. The van der Waals surface area contributed by atoms with Gasteiger partial charge in [0, 0.05) is 25.4 Å². The van der Waals surface area contributed by atoms with Crippen molar-refractivity contribution in [3.05, 3.63) is 35.7 Å². The van der Waals surface area contributed by atoms with Crippen LogP contribution in [0, 0.1) is 0 Å². The summed E-state index contributed by atoms with van der Waals surface area (Å²) in [7, 11) is 1.91. The van der Waals surface area contributed by atoms with Gasteiger partial charge in [0.1, 0.15) is 12.1 Å². The third-order valence-corrected chi connectivity index (χ3v) is 3.37. The van der Waals surface area contributed by atoms with Gasteiger partial charge in [-0.15, -0.1) is 11.3 Å². The molecule has 17 heavy (non-hydrogen) atoms. The molecule has 0 aromatic carbocycles. The number of nitrogens with zero attached hydrogens (tertiary/aromatic N) is 4. The Labute approximate surface area is 102 Å². The van der Waals surface area contributed by atoms with E-state index in [1.165, 1.54) is 0 Å². The molecule has 1 N–H and O–H groups in total. The van der Waals surface area contributed by atoms with Crippen molar-refractivity contribution in [3.63, 3.8) is 0 Å². The molecule has 3 aromatic heterocycles. The van der Waals surface area contributed by atoms with Crippen LogP contribution in [0.4, 0.5) is 5.82 Å². The summed E-state index contributed by atoms with van der Waals surface area (Å²) in [6.07, 6.45) is 5.42. The summed E-state index contributed by atoms with van der Waals surface area (Å²) in [5.74, 6) is 0.883. The van der Waals surface area contributed by atoms with Crippen molar-refractivity contribution in [2.24, 2.45) is 7.05 Å². The molecule has 0 aliphatic rings.